The number of rotatable bonds is 7. The number of anilines is 1. The number of nitrogens with one attached hydrogen (secondary N) is 1. The van der Waals surface area contributed by atoms with Crippen molar-refractivity contribution in [1.82, 2.24) is 4.98 Å². The Morgan fingerprint density at radius 3 is 2.90 bits per heavy atom. The fourth-order valence-electron chi connectivity index (χ4n) is 2.78. The predicted molar refractivity (Wildman–Crippen MR) is 109 cm³/mol. The summed E-state index contributed by atoms with van der Waals surface area (Å²) < 4.78 is 10.8. The molecule has 0 saturated carbocycles. The SMILES string of the molecule is COCc1cc(C)nc(N/N=C\c2ccc(-c3cc(C(=O)[O-])ccc3Cl)o2)c1C#N. The van der Waals surface area contributed by atoms with Gasteiger partial charge in [-0.1, -0.05) is 17.7 Å². The Labute approximate surface area is 177 Å². The van der Waals surface area contributed by atoms with Crippen LogP contribution >= 0.6 is 11.6 Å². The Balaban J connectivity index is 1.82. The van der Waals surface area contributed by atoms with Gasteiger partial charge in [0.1, 0.15) is 23.2 Å². The summed E-state index contributed by atoms with van der Waals surface area (Å²) in [4.78, 5) is 15.4. The van der Waals surface area contributed by atoms with Gasteiger partial charge in [0.05, 0.1) is 23.8 Å². The molecule has 0 aliphatic heterocycles. The van der Waals surface area contributed by atoms with E-state index >= 15 is 0 Å². The van der Waals surface area contributed by atoms with Crippen molar-refractivity contribution in [3.8, 4) is 17.4 Å². The largest absolute Gasteiger partial charge is 0.545 e. The summed E-state index contributed by atoms with van der Waals surface area (Å²) in [5, 5.41) is 24.9. The smallest absolute Gasteiger partial charge is 0.164 e. The van der Waals surface area contributed by atoms with Crippen LogP contribution in [0.5, 0.6) is 0 Å². The Morgan fingerprint density at radius 2 is 2.20 bits per heavy atom. The van der Waals surface area contributed by atoms with Crippen molar-refractivity contribution in [2.45, 2.75) is 13.5 Å². The molecular formula is C21H16ClN4O4-. The lowest BCUT2D eigenvalue weighted by atomic mass is 10.1. The van der Waals surface area contributed by atoms with Crippen molar-refractivity contribution in [2.24, 2.45) is 5.10 Å². The van der Waals surface area contributed by atoms with Gasteiger partial charge >= 0.3 is 0 Å². The highest BCUT2D eigenvalue weighted by Gasteiger charge is 2.12. The standard InChI is InChI=1S/C21H17ClN4O4/c1-12-7-14(11-29-2)17(9-23)20(25-12)26-24-10-15-4-6-19(30-15)16-8-13(21(27)28)3-5-18(16)22/h3-8,10H,11H2,1-2H3,(H,25,26)(H,27,28)/p-1/b24-10-. The summed E-state index contributed by atoms with van der Waals surface area (Å²) in [7, 11) is 1.55. The average molecular weight is 424 g/mol. The minimum Gasteiger partial charge on any atom is -0.545 e. The number of hydrazone groups is 1. The quantitative estimate of drug-likeness (QED) is 0.457. The molecule has 0 saturated heterocycles. The minimum atomic E-state index is -1.31. The molecule has 0 radical (unpaired) electrons. The van der Waals surface area contributed by atoms with Crippen molar-refractivity contribution in [3.63, 3.8) is 0 Å². The number of carbonyl (C=O) groups excluding carboxylic acids is 1. The van der Waals surface area contributed by atoms with Crippen LogP contribution in [0.15, 0.2) is 45.9 Å². The van der Waals surface area contributed by atoms with Crippen molar-refractivity contribution in [2.75, 3.05) is 12.5 Å². The van der Waals surface area contributed by atoms with Crippen LogP contribution < -0.4 is 10.5 Å². The van der Waals surface area contributed by atoms with E-state index in [1.807, 2.05) is 0 Å². The number of aromatic carboxylic acids is 1. The average Bonchev–Trinajstić information content (AvgIpc) is 3.17. The Morgan fingerprint density at radius 1 is 1.40 bits per heavy atom. The molecule has 2 heterocycles. The fraction of sp³-hybridized carbons (Fsp3) is 0.143. The number of benzene rings is 1. The second-order valence-electron chi connectivity index (χ2n) is 6.25. The number of nitriles is 1. The van der Waals surface area contributed by atoms with Crippen molar-refractivity contribution < 1.29 is 19.1 Å². The van der Waals surface area contributed by atoms with Gasteiger partial charge in [0.15, 0.2) is 5.82 Å². The molecule has 0 unspecified atom stereocenters. The highest BCUT2D eigenvalue weighted by molar-refractivity contribution is 6.33. The van der Waals surface area contributed by atoms with Crippen molar-refractivity contribution in [3.05, 3.63) is 69.6 Å². The maximum absolute atomic E-state index is 11.1. The molecule has 8 nitrogen and oxygen atoms in total. The summed E-state index contributed by atoms with van der Waals surface area (Å²) in [5.41, 5.74) is 4.90. The second kappa shape index (κ2) is 9.22. The molecule has 152 valence electrons. The van der Waals surface area contributed by atoms with E-state index in [0.717, 1.165) is 0 Å². The van der Waals surface area contributed by atoms with Crippen LogP contribution in [0.3, 0.4) is 0 Å². The summed E-state index contributed by atoms with van der Waals surface area (Å²) in [5.74, 6) is -0.247. The highest BCUT2D eigenvalue weighted by Crippen LogP contribution is 2.30. The summed E-state index contributed by atoms with van der Waals surface area (Å²) in [6.07, 6.45) is 1.40. The number of ether oxygens (including phenoxy) is 1. The minimum absolute atomic E-state index is 0.0101. The van der Waals surface area contributed by atoms with Crippen LogP contribution in [-0.2, 0) is 11.3 Å². The molecule has 1 aromatic carbocycles. The maximum Gasteiger partial charge on any atom is 0.164 e. The number of hydrogen-bond donors (Lipinski definition) is 1. The van der Waals surface area contributed by atoms with Gasteiger partial charge in [-0.15, -0.1) is 0 Å². The number of carboxylic acids is 1. The molecular weight excluding hydrogens is 408 g/mol. The molecule has 0 amide bonds. The van der Waals surface area contributed by atoms with Gasteiger partial charge in [-0.25, -0.2) is 4.98 Å². The van der Waals surface area contributed by atoms with Crippen LogP contribution in [0.25, 0.3) is 11.3 Å². The van der Waals surface area contributed by atoms with Gasteiger partial charge in [0.2, 0.25) is 0 Å². The normalized spacial score (nSPS) is 10.9. The number of hydrogen-bond acceptors (Lipinski definition) is 8. The first kappa shape index (κ1) is 21.0. The number of carboxylic acid groups (broad SMARTS) is 1. The van der Waals surface area contributed by atoms with Crippen LogP contribution in [0, 0.1) is 18.3 Å². The van der Waals surface area contributed by atoms with E-state index in [4.69, 9.17) is 20.8 Å². The van der Waals surface area contributed by atoms with Crippen molar-refractivity contribution in [1.29, 1.82) is 5.26 Å². The molecule has 3 aromatic rings. The van der Waals surface area contributed by atoms with Gasteiger partial charge in [0.25, 0.3) is 0 Å². The Hall–Kier alpha value is -3.67. The zero-order valence-electron chi connectivity index (χ0n) is 16.1. The van der Waals surface area contributed by atoms with E-state index < -0.39 is 5.97 Å². The van der Waals surface area contributed by atoms with E-state index in [0.29, 0.717) is 44.7 Å². The zero-order chi connectivity index (χ0) is 21.7. The molecule has 0 aliphatic carbocycles. The maximum atomic E-state index is 11.1. The lowest BCUT2D eigenvalue weighted by Gasteiger charge is -2.09. The highest BCUT2D eigenvalue weighted by atomic mass is 35.5. The Kier molecular flexibility index (Phi) is 6.47. The summed E-state index contributed by atoms with van der Waals surface area (Å²) >= 11 is 6.15. The van der Waals surface area contributed by atoms with Crippen molar-refractivity contribution >= 4 is 29.6 Å². The van der Waals surface area contributed by atoms with E-state index in [2.05, 4.69) is 21.6 Å². The molecule has 1 N–H and O–H groups in total. The number of methoxy groups -OCH3 is 1. The van der Waals surface area contributed by atoms with Gasteiger partial charge in [-0.3, -0.25) is 5.43 Å². The number of aromatic nitrogens is 1. The third kappa shape index (κ3) is 4.66. The molecule has 30 heavy (non-hydrogen) atoms. The topological polar surface area (TPSA) is 124 Å². The van der Waals surface area contributed by atoms with E-state index in [1.165, 1.54) is 24.4 Å². The molecule has 3 rings (SSSR count). The van der Waals surface area contributed by atoms with Crippen LogP contribution in [0.4, 0.5) is 5.82 Å². The lowest BCUT2D eigenvalue weighted by Crippen LogP contribution is -2.22. The summed E-state index contributed by atoms with van der Waals surface area (Å²) in [6, 6.07) is 11.4. The molecule has 0 atom stereocenters. The number of aryl methyl sites for hydroxylation is 1. The van der Waals surface area contributed by atoms with Crippen LogP contribution in [-0.4, -0.2) is 24.3 Å². The molecule has 0 spiro atoms. The third-order valence-electron chi connectivity index (χ3n) is 4.10. The van der Waals surface area contributed by atoms with Gasteiger partial charge in [-0.05, 0) is 42.8 Å². The van der Waals surface area contributed by atoms with Crippen LogP contribution in [0.2, 0.25) is 5.02 Å². The molecule has 0 bridgehead atoms. The first-order valence-electron chi connectivity index (χ1n) is 8.72. The van der Waals surface area contributed by atoms with Gasteiger partial charge < -0.3 is 19.1 Å². The van der Waals surface area contributed by atoms with Crippen LogP contribution in [0.1, 0.15) is 32.9 Å². The molecule has 2 aromatic heterocycles. The zero-order valence-corrected chi connectivity index (χ0v) is 16.9. The third-order valence-corrected chi connectivity index (χ3v) is 4.43. The number of pyridine rings is 1. The fourth-order valence-corrected chi connectivity index (χ4v) is 2.99. The number of carbonyl (C=O) groups is 1. The number of halogens is 1. The van der Waals surface area contributed by atoms with E-state index in [9.17, 15) is 15.2 Å². The van der Waals surface area contributed by atoms with Gasteiger partial charge in [-0.2, -0.15) is 10.4 Å². The molecule has 0 aliphatic rings. The van der Waals surface area contributed by atoms with E-state index in [1.54, 1.807) is 32.2 Å². The number of nitrogens with zero attached hydrogens (tertiary/aromatic N) is 3. The molecule has 9 heteroatoms. The first-order chi connectivity index (χ1) is 14.4. The summed E-state index contributed by atoms with van der Waals surface area (Å²) in [6.45, 7) is 2.08. The second-order valence-corrected chi connectivity index (χ2v) is 6.65. The molecule has 0 fully saturated rings. The lowest BCUT2D eigenvalue weighted by molar-refractivity contribution is -0.255. The van der Waals surface area contributed by atoms with E-state index in [-0.39, 0.29) is 12.2 Å². The van der Waals surface area contributed by atoms with Gasteiger partial charge in [0, 0.05) is 23.9 Å². The number of furan rings is 1. The Bertz CT molecular complexity index is 1160. The monoisotopic (exact) mass is 423 g/mol. The predicted octanol–water partition coefficient (Wildman–Crippen LogP) is 3.13. The first-order valence-corrected chi connectivity index (χ1v) is 9.10.